The Kier molecular flexibility index (Phi) is 5.05. The summed E-state index contributed by atoms with van der Waals surface area (Å²) in [5, 5.41) is 3.06. The van der Waals surface area contributed by atoms with Crippen molar-refractivity contribution < 1.29 is 17.9 Å². The third-order valence-electron chi connectivity index (χ3n) is 3.06. The van der Waals surface area contributed by atoms with E-state index in [9.17, 15) is 13.2 Å². The molecular formula is C11H20F3NO. The number of alkyl halides is 3. The van der Waals surface area contributed by atoms with Gasteiger partial charge in [-0.15, -0.1) is 0 Å². The Morgan fingerprint density at radius 1 is 1.38 bits per heavy atom. The molecule has 1 aliphatic heterocycles. The summed E-state index contributed by atoms with van der Waals surface area (Å²) in [5.74, 6) is 0. The first kappa shape index (κ1) is 13.8. The van der Waals surface area contributed by atoms with Crippen LogP contribution < -0.4 is 5.32 Å². The third-order valence-corrected chi connectivity index (χ3v) is 3.06. The molecule has 1 aliphatic rings. The lowest BCUT2D eigenvalue weighted by molar-refractivity contribution is -0.136. The van der Waals surface area contributed by atoms with Crippen molar-refractivity contribution in [3.05, 3.63) is 0 Å². The zero-order valence-corrected chi connectivity index (χ0v) is 9.81. The van der Waals surface area contributed by atoms with E-state index in [0.717, 1.165) is 12.8 Å². The van der Waals surface area contributed by atoms with Crippen molar-refractivity contribution in [3.8, 4) is 0 Å². The minimum Gasteiger partial charge on any atom is -0.374 e. The van der Waals surface area contributed by atoms with E-state index in [-0.39, 0.29) is 24.7 Å². The second kappa shape index (κ2) is 5.87. The fourth-order valence-electron chi connectivity index (χ4n) is 2.17. The van der Waals surface area contributed by atoms with Gasteiger partial charge < -0.3 is 10.1 Å². The Balaban J connectivity index is 2.27. The van der Waals surface area contributed by atoms with Gasteiger partial charge in [-0.25, -0.2) is 0 Å². The van der Waals surface area contributed by atoms with Crippen LogP contribution in [0.15, 0.2) is 0 Å². The molecule has 0 aromatic rings. The van der Waals surface area contributed by atoms with Gasteiger partial charge in [-0.1, -0.05) is 0 Å². The molecule has 0 saturated carbocycles. The minimum absolute atomic E-state index is 0.0484. The molecule has 3 unspecified atom stereocenters. The normalized spacial score (nSPS) is 28.3. The molecule has 0 radical (unpaired) electrons. The predicted molar refractivity (Wildman–Crippen MR) is 56.3 cm³/mol. The molecule has 1 saturated heterocycles. The second-order valence-electron chi connectivity index (χ2n) is 4.47. The number of hydrogen-bond donors (Lipinski definition) is 1. The maximum Gasteiger partial charge on any atom is 0.389 e. The van der Waals surface area contributed by atoms with Gasteiger partial charge in [0.2, 0.25) is 0 Å². The average molecular weight is 239 g/mol. The first-order chi connectivity index (χ1) is 7.42. The molecule has 1 fully saturated rings. The number of hydrogen-bond acceptors (Lipinski definition) is 2. The highest BCUT2D eigenvalue weighted by atomic mass is 19.4. The molecule has 5 heteroatoms. The number of rotatable bonds is 5. The summed E-state index contributed by atoms with van der Waals surface area (Å²) in [6.07, 6.45) is -1.79. The lowest BCUT2D eigenvalue weighted by Gasteiger charge is -2.23. The van der Waals surface area contributed by atoms with Gasteiger partial charge in [-0.3, -0.25) is 0 Å². The van der Waals surface area contributed by atoms with E-state index >= 15 is 0 Å². The fourth-order valence-corrected chi connectivity index (χ4v) is 2.17. The Labute approximate surface area is 94.5 Å². The summed E-state index contributed by atoms with van der Waals surface area (Å²) in [4.78, 5) is 0. The highest BCUT2D eigenvalue weighted by molar-refractivity contribution is 4.82. The monoisotopic (exact) mass is 239 g/mol. The van der Waals surface area contributed by atoms with Crippen LogP contribution >= 0.6 is 0 Å². The summed E-state index contributed by atoms with van der Waals surface area (Å²) >= 11 is 0. The van der Waals surface area contributed by atoms with E-state index < -0.39 is 12.6 Å². The van der Waals surface area contributed by atoms with Crippen LogP contribution in [0.2, 0.25) is 0 Å². The van der Waals surface area contributed by atoms with E-state index in [2.05, 4.69) is 5.32 Å². The lowest BCUT2D eigenvalue weighted by Crippen LogP contribution is -2.37. The Bertz CT molecular complexity index is 208. The first-order valence-electron chi connectivity index (χ1n) is 5.82. The van der Waals surface area contributed by atoms with Gasteiger partial charge in [0.05, 0.1) is 12.2 Å². The van der Waals surface area contributed by atoms with Crippen molar-refractivity contribution in [2.75, 3.05) is 7.05 Å². The predicted octanol–water partition coefficient (Wildman–Crippen LogP) is 2.87. The van der Waals surface area contributed by atoms with Crippen molar-refractivity contribution in [2.24, 2.45) is 0 Å². The van der Waals surface area contributed by atoms with E-state index in [1.807, 2.05) is 6.92 Å². The van der Waals surface area contributed by atoms with E-state index in [1.165, 1.54) is 0 Å². The maximum absolute atomic E-state index is 12.0. The molecule has 0 spiro atoms. The topological polar surface area (TPSA) is 21.3 Å². The highest BCUT2D eigenvalue weighted by Gasteiger charge is 2.31. The Morgan fingerprint density at radius 3 is 2.50 bits per heavy atom. The second-order valence-corrected chi connectivity index (χ2v) is 4.47. The molecule has 0 aromatic heterocycles. The molecular weight excluding hydrogens is 219 g/mol. The smallest absolute Gasteiger partial charge is 0.374 e. The molecule has 0 aromatic carbocycles. The minimum atomic E-state index is -4.04. The van der Waals surface area contributed by atoms with E-state index in [0.29, 0.717) is 6.42 Å². The van der Waals surface area contributed by atoms with Crippen molar-refractivity contribution in [1.29, 1.82) is 0 Å². The van der Waals surface area contributed by atoms with Gasteiger partial charge in [0.1, 0.15) is 0 Å². The standard InChI is InChI=1S/C11H20F3NO/c1-8-5-6-10(16-8)9(15-2)4-3-7-11(12,13)14/h8-10,15H,3-7H2,1-2H3. The third kappa shape index (κ3) is 4.70. The number of halogens is 3. The molecule has 0 bridgehead atoms. The lowest BCUT2D eigenvalue weighted by atomic mass is 10.0. The van der Waals surface area contributed by atoms with E-state index in [4.69, 9.17) is 4.74 Å². The van der Waals surface area contributed by atoms with Crippen LogP contribution in [0.4, 0.5) is 13.2 Å². The van der Waals surface area contributed by atoms with Crippen LogP contribution in [0.3, 0.4) is 0 Å². The van der Waals surface area contributed by atoms with Gasteiger partial charge in [0.25, 0.3) is 0 Å². The SMILES string of the molecule is CNC(CCCC(F)(F)F)C1CCC(C)O1. The van der Waals surface area contributed by atoms with Crippen LogP contribution in [-0.2, 0) is 4.74 Å². The first-order valence-corrected chi connectivity index (χ1v) is 5.82. The van der Waals surface area contributed by atoms with Gasteiger partial charge in [-0.2, -0.15) is 13.2 Å². The summed E-state index contributed by atoms with van der Waals surface area (Å²) in [7, 11) is 1.78. The van der Waals surface area contributed by atoms with Crippen molar-refractivity contribution in [1.82, 2.24) is 5.32 Å². The Hall–Kier alpha value is -0.290. The maximum atomic E-state index is 12.0. The van der Waals surface area contributed by atoms with Crippen molar-refractivity contribution in [2.45, 2.75) is 63.5 Å². The summed E-state index contributed by atoms with van der Waals surface area (Å²) in [5.41, 5.74) is 0. The molecule has 1 N–H and O–H groups in total. The molecule has 96 valence electrons. The number of likely N-dealkylation sites (N-methyl/N-ethyl adjacent to an activating group) is 1. The van der Waals surface area contributed by atoms with E-state index in [1.54, 1.807) is 7.05 Å². The van der Waals surface area contributed by atoms with Gasteiger partial charge in [0.15, 0.2) is 0 Å². The zero-order valence-electron chi connectivity index (χ0n) is 9.81. The molecule has 1 heterocycles. The summed E-state index contributed by atoms with van der Waals surface area (Å²) in [6, 6.07) is 0.0484. The summed E-state index contributed by atoms with van der Waals surface area (Å²) < 4.78 is 41.6. The van der Waals surface area contributed by atoms with Gasteiger partial charge >= 0.3 is 6.18 Å². The Morgan fingerprint density at radius 2 is 2.06 bits per heavy atom. The van der Waals surface area contributed by atoms with Gasteiger partial charge in [0, 0.05) is 12.5 Å². The molecule has 0 amide bonds. The van der Waals surface area contributed by atoms with Gasteiger partial charge in [-0.05, 0) is 39.7 Å². The van der Waals surface area contributed by atoms with Crippen LogP contribution in [0.1, 0.15) is 39.0 Å². The van der Waals surface area contributed by atoms with Crippen LogP contribution in [0.25, 0.3) is 0 Å². The van der Waals surface area contributed by atoms with Crippen molar-refractivity contribution in [3.63, 3.8) is 0 Å². The van der Waals surface area contributed by atoms with Crippen LogP contribution in [-0.4, -0.2) is 31.5 Å². The largest absolute Gasteiger partial charge is 0.389 e. The van der Waals surface area contributed by atoms with Crippen molar-refractivity contribution >= 4 is 0 Å². The zero-order chi connectivity index (χ0) is 12.2. The molecule has 3 atom stereocenters. The quantitative estimate of drug-likeness (QED) is 0.796. The average Bonchev–Trinajstić information content (AvgIpc) is 2.58. The molecule has 16 heavy (non-hydrogen) atoms. The number of nitrogens with one attached hydrogen (secondary N) is 1. The molecule has 0 aliphatic carbocycles. The van der Waals surface area contributed by atoms with Crippen LogP contribution in [0.5, 0.6) is 0 Å². The van der Waals surface area contributed by atoms with Crippen LogP contribution in [0, 0.1) is 0 Å². The molecule has 1 rings (SSSR count). The number of ether oxygens (including phenoxy) is 1. The summed E-state index contributed by atoms with van der Waals surface area (Å²) in [6.45, 7) is 2.00. The molecule has 2 nitrogen and oxygen atoms in total. The highest BCUT2D eigenvalue weighted by Crippen LogP contribution is 2.26. The fraction of sp³-hybridized carbons (Fsp3) is 1.00.